The molecule has 0 aliphatic heterocycles. The second-order valence-electron chi connectivity index (χ2n) is 5.89. The Hall–Kier alpha value is -0.280. The van der Waals surface area contributed by atoms with Gasteiger partial charge in [0, 0.05) is 14.2 Å². The maximum atomic E-state index is 8.72. The van der Waals surface area contributed by atoms with Gasteiger partial charge in [0.25, 0.3) is 0 Å². The van der Waals surface area contributed by atoms with Crippen LogP contribution >= 0.6 is 0 Å². The first-order chi connectivity index (χ1) is 11.3. The third-order valence-corrected chi connectivity index (χ3v) is 3.17. The number of aliphatic hydroxyl groups is 2. The number of aliphatic hydroxyl groups excluding tert-OH is 2. The minimum absolute atomic E-state index is 0.0293. The molecule has 0 heterocycles. The van der Waals surface area contributed by atoms with Crippen molar-refractivity contribution in [3.63, 3.8) is 0 Å². The molecule has 7 nitrogen and oxygen atoms in total. The van der Waals surface area contributed by atoms with Crippen molar-refractivity contribution in [3.05, 3.63) is 0 Å². The summed E-state index contributed by atoms with van der Waals surface area (Å²) in [4.78, 5) is 0. The number of rotatable bonds is 13. The van der Waals surface area contributed by atoms with Gasteiger partial charge in [0.1, 0.15) is 0 Å². The summed E-state index contributed by atoms with van der Waals surface area (Å²) < 4.78 is 25.9. The topological polar surface area (TPSA) is 86.6 Å². The van der Waals surface area contributed by atoms with Crippen LogP contribution in [0.15, 0.2) is 0 Å². The number of hydrogen-bond donors (Lipinski definition) is 2. The first-order valence-electron chi connectivity index (χ1n) is 8.42. The molecule has 0 radical (unpaired) electrons. The first-order valence-corrected chi connectivity index (χ1v) is 8.42. The standard InChI is InChI=1S/C10H22O4.C7H16O3/c1-8(5-11)13-7-10(3)14-6-9(2)12-4;1-6(4-8)10-5-7(2)9-3/h8-11H,5-7H2,1-4H3;6-8H,4-5H2,1-3H3. The Bertz CT molecular complexity index is 229. The summed E-state index contributed by atoms with van der Waals surface area (Å²) in [6.45, 7) is 11.2. The summed E-state index contributed by atoms with van der Waals surface area (Å²) in [7, 11) is 3.29. The first kappa shape index (κ1) is 26.0. The highest BCUT2D eigenvalue weighted by molar-refractivity contribution is 4.53. The van der Waals surface area contributed by atoms with Crippen LogP contribution < -0.4 is 0 Å². The highest BCUT2D eigenvalue weighted by Gasteiger charge is 2.08. The molecular formula is C17H38O7. The molecular weight excluding hydrogens is 316 g/mol. The SMILES string of the molecule is COC(C)COC(C)CO.COC(C)COC(C)COC(C)CO. The third kappa shape index (κ3) is 18.1. The predicted molar refractivity (Wildman–Crippen MR) is 93.4 cm³/mol. The van der Waals surface area contributed by atoms with Gasteiger partial charge in [-0.1, -0.05) is 0 Å². The fourth-order valence-electron chi connectivity index (χ4n) is 1.19. The molecule has 0 spiro atoms. The van der Waals surface area contributed by atoms with E-state index in [-0.39, 0.29) is 43.7 Å². The minimum atomic E-state index is -0.124. The van der Waals surface area contributed by atoms with Gasteiger partial charge in [-0.15, -0.1) is 0 Å². The van der Waals surface area contributed by atoms with Crippen LogP contribution in [0, 0.1) is 0 Å². The Morgan fingerprint density at radius 2 is 0.833 bits per heavy atom. The van der Waals surface area contributed by atoms with E-state index in [1.54, 1.807) is 14.2 Å². The van der Waals surface area contributed by atoms with Gasteiger partial charge < -0.3 is 33.9 Å². The van der Waals surface area contributed by atoms with Crippen LogP contribution in [0.1, 0.15) is 34.6 Å². The van der Waals surface area contributed by atoms with Crippen LogP contribution in [0.25, 0.3) is 0 Å². The van der Waals surface area contributed by atoms with E-state index in [0.29, 0.717) is 19.8 Å². The molecule has 0 aliphatic carbocycles. The molecule has 0 aromatic heterocycles. The van der Waals surface area contributed by atoms with Gasteiger partial charge in [-0.2, -0.15) is 0 Å². The number of methoxy groups -OCH3 is 2. The van der Waals surface area contributed by atoms with Crippen molar-refractivity contribution in [1.29, 1.82) is 0 Å². The Balaban J connectivity index is 0. The largest absolute Gasteiger partial charge is 0.394 e. The van der Waals surface area contributed by atoms with E-state index in [1.165, 1.54) is 0 Å². The lowest BCUT2D eigenvalue weighted by atomic mass is 10.4. The van der Waals surface area contributed by atoms with Gasteiger partial charge in [0.2, 0.25) is 0 Å². The number of hydrogen-bond acceptors (Lipinski definition) is 7. The third-order valence-electron chi connectivity index (χ3n) is 3.17. The average molecular weight is 354 g/mol. The van der Waals surface area contributed by atoms with E-state index >= 15 is 0 Å². The second kappa shape index (κ2) is 17.5. The fraction of sp³-hybridized carbons (Fsp3) is 1.00. The molecule has 0 saturated carbocycles. The second-order valence-corrected chi connectivity index (χ2v) is 5.89. The monoisotopic (exact) mass is 354 g/mol. The van der Waals surface area contributed by atoms with Crippen molar-refractivity contribution in [2.24, 2.45) is 0 Å². The van der Waals surface area contributed by atoms with Crippen LogP contribution in [0.2, 0.25) is 0 Å². The van der Waals surface area contributed by atoms with Crippen molar-refractivity contribution in [2.45, 2.75) is 65.1 Å². The molecule has 0 bridgehead atoms. The zero-order valence-electron chi connectivity index (χ0n) is 16.4. The molecule has 0 saturated heterocycles. The van der Waals surface area contributed by atoms with E-state index in [9.17, 15) is 0 Å². The highest BCUT2D eigenvalue weighted by Crippen LogP contribution is 1.98. The summed E-state index contributed by atoms with van der Waals surface area (Å²) in [5, 5.41) is 17.3. The summed E-state index contributed by atoms with van der Waals surface area (Å²) in [6, 6.07) is 0. The lowest BCUT2D eigenvalue weighted by Gasteiger charge is -2.18. The van der Waals surface area contributed by atoms with Gasteiger partial charge in [-0.3, -0.25) is 0 Å². The van der Waals surface area contributed by atoms with Crippen molar-refractivity contribution in [2.75, 3.05) is 47.3 Å². The van der Waals surface area contributed by atoms with Gasteiger partial charge in [-0.25, -0.2) is 0 Å². The van der Waals surface area contributed by atoms with Crippen molar-refractivity contribution >= 4 is 0 Å². The minimum Gasteiger partial charge on any atom is -0.394 e. The normalized spacial score (nSPS) is 17.4. The Morgan fingerprint density at radius 3 is 1.12 bits per heavy atom. The molecule has 0 aromatic carbocycles. The molecule has 5 atom stereocenters. The maximum absolute atomic E-state index is 8.72. The van der Waals surface area contributed by atoms with E-state index < -0.39 is 0 Å². The summed E-state index contributed by atoms with van der Waals surface area (Å²) in [5.74, 6) is 0. The van der Waals surface area contributed by atoms with E-state index in [1.807, 2.05) is 34.6 Å². The van der Waals surface area contributed by atoms with Crippen LogP contribution in [-0.4, -0.2) is 88.0 Å². The Morgan fingerprint density at radius 1 is 0.542 bits per heavy atom. The van der Waals surface area contributed by atoms with E-state index in [0.717, 1.165) is 0 Å². The maximum Gasteiger partial charge on any atom is 0.0781 e. The van der Waals surface area contributed by atoms with Gasteiger partial charge >= 0.3 is 0 Å². The quantitative estimate of drug-likeness (QED) is 0.514. The molecule has 24 heavy (non-hydrogen) atoms. The molecule has 0 rings (SSSR count). The summed E-state index contributed by atoms with van der Waals surface area (Å²) in [6.07, 6.45) is 0.0295. The lowest BCUT2D eigenvalue weighted by molar-refractivity contribution is -0.0677. The molecule has 2 N–H and O–H groups in total. The molecule has 0 amide bonds. The van der Waals surface area contributed by atoms with Crippen LogP contribution in [0.5, 0.6) is 0 Å². The van der Waals surface area contributed by atoms with Gasteiger partial charge in [0.15, 0.2) is 0 Å². The van der Waals surface area contributed by atoms with Gasteiger partial charge in [0.05, 0.1) is 63.6 Å². The molecule has 5 unspecified atom stereocenters. The molecule has 0 aliphatic rings. The molecule has 148 valence electrons. The Kier molecular flexibility index (Phi) is 19.0. The van der Waals surface area contributed by atoms with Gasteiger partial charge in [-0.05, 0) is 34.6 Å². The van der Waals surface area contributed by atoms with Crippen molar-refractivity contribution in [1.82, 2.24) is 0 Å². The van der Waals surface area contributed by atoms with Crippen LogP contribution in [-0.2, 0) is 23.7 Å². The Labute approximate surface area is 147 Å². The smallest absolute Gasteiger partial charge is 0.0781 e. The lowest BCUT2D eigenvalue weighted by Crippen LogP contribution is -2.25. The zero-order chi connectivity index (χ0) is 19.0. The van der Waals surface area contributed by atoms with Crippen LogP contribution in [0.3, 0.4) is 0 Å². The summed E-state index contributed by atoms with van der Waals surface area (Å²) in [5.41, 5.74) is 0. The fourth-order valence-corrected chi connectivity index (χ4v) is 1.19. The predicted octanol–water partition coefficient (Wildman–Crippen LogP) is 1.24. The summed E-state index contributed by atoms with van der Waals surface area (Å²) >= 11 is 0. The van der Waals surface area contributed by atoms with Crippen LogP contribution in [0.4, 0.5) is 0 Å². The highest BCUT2D eigenvalue weighted by atomic mass is 16.6. The van der Waals surface area contributed by atoms with Crippen molar-refractivity contribution < 1.29 is 33.9 Å². The van der Waals surface area contributed by atoms with Crippen molar-refractivity contribution in [3.8, 4) is 0 Å². The molecule has 0 aromatic rings. The van der Waals surface area contributed by atoms with E-state index in [4.69, 9.17) is 33.9 Å². The number of ether oxygens (including phenoxy) is 5. The molecule has 0 fully saturated rings. The zero-order valence-corrected chi connectivity index (χ0v) is 16.4. The van der Waals surface area contributed by atoms with E-state index in [2.05, 4.69) is 0 Å². The average Bonchev–Trinajstić information content (AvgIpc) is 2.61. The molecule has 7 heteroatoms.